The summed E-state index contributed by atoms with van der Waals surface area (Å²) in [5, 5.41) is 0. The zero-order chi connectivity index (χ0) is 14.6. The van der Waals surface area contributed by atoms with Crippen LogP contribution in [0.25, 0.3) is 0 Å². The highest BCUT2D eigenvalue weighted by Crippen LogP contribution is 2.20. The number of sulfonamides is 1. The van der Waals surface area contributed by atoms with Crippen molar-refractivity contribution in [2.45, 2.75) is 18.2 Å². The molecule has 1 aromatic rings. The van der Waals surface area contributed by atoms with E-state index in [1.165, 1.54) is 4.31 Å². The molecule has 5 nitrogen and oxygen atoms in total. The molecule has 19 heavy (non-hydrogen) atoms. The summed E-state index contributed by atoms with van der Waals surface area (Å²) in [6, 6.07) is 4.94. The predicted molar refractivity (Wildman–Crippen MR) is 78.6 cm³/mol. The van der Waals surface area contributed by atoms with Gasteiger partial charge in [0.2, 0.25) is 10.0 Å². The molecule has 0 aromatic heterocycles. The van der Waals surface area contributed by atoms with Crippen LogP contribution < -0.4 is 5.73 Å². The van der Waals surface area contributed by atoms with Crippen molar-refractivity contribution in [3.63, 3.8) is 0 Å². The van der Waals surface area contributed by atoms with Gasteiger partial charge in [0, 0.05) is 25.8 Å². The van der Waals surface area contributed by atoms with E-state index in [4.69, 9.17) is 5.73 Å². The number of nitrogen functional groups attached to an aromatic ring is 1. The van der Waals surface area contributed by atoms with Crippen molar-refractivity contribution in [2.75, 3.05) is 40.0 Å². The summed E-state index contributed by atoms with van der Waals surface area (Å²) in [6.07, 6.45) is 0.794. The van der Waals surface area contributed by atoms with Crippen LogP contribution in [0.15, 0.2) is 23.1 Å². The van der Waals surface area contributed by atoms with Crippen LogP contribution in [0.4, 0.5) is 5.69 Å². The standard InChI is InChI=1S/C13H23N3O2S/c1-5-11-6-7-12(10-13(11)14)19(17,18)16(4)9-8-15(2)3/h6-7,10H,5,8-9,14H2,1-4H3. The van der Waals surface area contributed by atoms with E-state index in [2.05, 4.69) is 0 Å². The van der Waals surface area contributed by atoms with Crippen molar-refractivity contribution in [2.24, 2.45) is 0 Å². The third-order valence-electron chi connectivity index (χ3n) is 3.07. The molecule has 2 N–H and O–H groups in total. The lowest BCUT2D eigenvalue weighted by Crippen LogP contribution is -2.33. The Morgan fingerprint density at radius 2 is 1.79 bits per heavy atom. The average molecular weight is 285 g/mol. The van der Waals surface area contributed by atoms with Gasteiger partial charge in [0.25, 0.3) is 0 Å². The molecule has 0 amide bonds. The minimum Gasteiger partial charge on any atom is -0.398 e. The molecule has 0 aliphatic carbocycles. The number of hydrogen-bond donors (Lipinski definition) is 1. The highest BCUT2D eigenvalue weighted by molar-refractivity contribution is 7.89. The maximum atomic E-state index is 12.3. The largest absolute Gasteiger partial charge is 0.398 e. The number of nitrogens with two attached hydrogens (primary N) is 1. The van der Waals surface area contributed by atoms with Crippen LogP contribution in [0, 0.1) is 0 Å². The van der Waals surface area contributed by atoms with Gasteiger partial charge in [-0.05, 0) is 38.2 Å². The predicted octanol–water partition coefficient (Wildman–Crippen LogP) is 1.01. The summed E-state index contributed by atoms with van der Waals surface area (Å²) in [5.41, 5.74) is 7.36. The second kappa shape index (κ2) is 6.36. The Hall–Kier alpha value is -1.11. The number of anilines is 1. The summed E-state index contributed by atoms with van der Waals surface area (Å²) in [4.78, 5) is 2.20. The summed E-state index contributed by atoms with van der Waals surface area (Å²) < 4.78 is 26.1. The van der Waals surface area contributed by atoms with Crippen molar-refractivity contribution < 1.29 is 8.42 Å². The molecular weight excluding hydrogens is 262 g/mol. The fourth-order valence-electron chi connectivity index (χ4n) is 1.70. The lowest BCUT2D eigenvalue weighted by Gasteiger charge is -2.20. The summed E-state index contributed by atoms with van der Waals surface area (Å²) in [7, 11) is 1.95. The molecule has 0 aliphatic rings. The molecule has 0 fully saturated rings. The van der Waals surface area contributed by atoms with Gasteiger partial charge in [0.05, 0.1) is 4.90 Å². The Morgan fingerprint density at radius 3 is 2.26 bits per heavy atom. The normalized spacial score (nSPS) is 12.3. The Kier molecular flexibility index (Phi) is 5.34. The van der Waals surface area contributed by atoms with Gasteiger partial charge in [-0.1, -0.05) is 13.0 Å². The number of aryl methyl sites for hydroxylation is 1. The van der Waals surface area contributed by atoms with E-state index in [-0.39, 0.29) is 4.90 Å². The van der Waals surface area contributed by atoms with Crippen LogP contribution in [-0.4, -0.2) is 51.9 Å². The van der Waals surface area contributed by atoms with Crippen LogP contribution >= 0.6 is 0 Å². The number of likely N-dealkylation sites (N-methyl/N-ethyl adjacent to an activating group) is 2. The van der Waals surface area contributed by atoms with Crippen LogP contribution in [0.5, 0.6) is 0 Å². The third kappa shape index (κ3) is 3.92. The average Bonchev–Trinajstić information content (AvgIpc) is 2.35. The van der Waals surface area contributed by atoms with Gasteiger partial charge >= 0.3 is 0 Å². The van der Waals surface area contributed by atoms with Crippen LogP contribution in [-0.2, 0) is 16.4 Å². The third-order valence-corrected chi connectivity index (χ3v) is 4.92. The molecule has 0 bridgehead atoms. The first-order valence-electron chi connectivity index (χ1n) is 6.28. The van der Waals surface area contributed by atoms with E-state index in [9.17, 15) is 8.42 Å². The molecule has 0 unspecified atom stereocenters. The second-order valence-corrected chi connectivity index (χ2v) is 6.89. The van der Waals surface area contributed by atoms with Crippen molar-refractivity contribution in [3.05, 3.63) is 23.8 Å². The van der Waals surface area contributed by atoms with E-state index < -0.39 is 10.0 Å². The fourth-order valence-corrected chi connectivity index (χ4v) is 2.89. The Labute approximate surface area is 116 Å². The Morgan fingerprint density at radius 1 is 1.16 bits per heavy atom. The molecule has 0 saturated carbocycles. The van der Waals surface area contributed by atoms with E-state index >= 15 is 0 Å². The molecule has 6 heteroatoms. The zero-order valence-electron chi connectivity index (χ0n) is 12.0. The highest BCUT2D eigenvalue weighted by Gasteiger charge is 2.21. The summed E-state index contributed by atoms with van der Waals surface area (Å²) in [6.45, 7) is 3.12. The monoisotopic (exact) mass is 285 g/mol. The lowest BCUT2D eigenvalue weighted by molar-refractivity contribution is 0.358. The number of benzene rings is 1. The number of hydrogen-bond acceptors (Lipinski definition) is 4. The minimum atomic E-state index is -3.46. The van der Waals surface area contributed by atoms with Crippen molar-refractivity contribution in [1.82, 2.24) is 9.21 Å². The molecule has 1 rings (SSSR count). The van der Waals surface area contributed by atoms with E-state index in [0.29, 0.717) is 18.8 Å². The molecule has 0 saturated heterocycles. The summed E-state index contributed by atoms with van der Waals surface area (Å²) >= 11 is 0. The number of nitrogens with zero attached hydrogens (tertiary/aromatic N) is 2. The molecule has 108 valence electrons. The van der Waals surface area contributed by atoms with Gasteiger partial charge in [-0.15, -0.1) is 0 Å². The quantitative estimate of drug-likeness (QED) is 0.792. The smallest absolute Gasteiger partial charge is 0.242 e. The molecule has 0 atom stereocenters. The molecule has 0 aliphatic heterocycles. The first-order valence-corrected chi connectivity index (χ1v) is 7.72. The van der Waals surface area contributed by atoms with Gasteiger partial charge in [0.15, 0.2) is 0 Å². The molecule has 0 heterocycles. The lowest BCUT2D eigenvalue weighted by atomic mass is 10.1. The first-order chi connectivity index (χ1) is 8.78. The SMILES string of the molecule is CCc1ccc(S(=O)(=O)N(C)CCN(C)C)cc1N. The first kappa shape index (κ1) is 15.9. The van der Waals surface area contributed by atoms with Gasteiger partial charge in [-0.2, -0.15) is 4.31 Å². The molecule has 0 spiro atoms. The van der Waals surface area contributed by atoms with Crippen LogP contribution in [0.1, 0.15) is 12.5 Å². The van der Waals surface area contributed by atoms with E-state index in [1.807, 2.05) is 25.9 Å². The summed E-state index contributed by atoms with van der Waals surface area (Å²) in [5.74, 6) is 0. The molecule has 0 radical (unpaired) electrons. The van der Waals surface area contributed by atoms with Crippen LogP contribution in [0.2, 0.25) is 0 Å². The fraction of sp³-hybridized carbons (Fsp3) is 0.538. The van der Waals surface area contributed by atoms with Gasteiger partial charge in [0.1, 0.15) is 0 Å². The van der Waals surface area contributed by atoms with Crippen molar-refractivity contribution in [1.29, 1.82) is 0 Å². The Balaban J connectivity index is 2.96. The number of rotatable bonds is 6. The van der Waals surface area contributed by atoms with Crippen molar-refractivity contribution >= 4 is 15.7 Å². The van der Waals surface area contributed by atoms with Gasteiger partial charge in [-0.25, -0.2) is 8.42 Å². The zero-order valence-corrected chi connectivity index (χ0v) is 12.9. The topological polar surface area (TPSA) is 66.6 Å². The molecular formula is C13H23N3O2S. The second-order valence-electron chi connectivity index (χ2n) is 4.84. The van der Waals surface area contributed by atoms with E-state index in [1.54, 1.807) is 25.2 Å². The Bertz CT molecular complexity index is 527. The van der Waals surface area contributed by atoms with Crippen LogP contribution in [0.3, 0.4) is 0 Å². The van der Waals surface area contributed by atoms with Gasteiger partial charge in [-0.3, -0.25) is 0 Å². The van der Waals surface area contributed by atoms with Gasteiger partial charge < -0.3 is 10.6 Å². The minimum absolute atomic E-state index is 0.253. The maximum Gasteiger partial charge on any atom is 0.242 e. The maximum absolute atomic E-state index is 12.3. The van der Waals surface area contributed by atoms with E-state index in [0.717, 1.165) is 12.0 Å². The molecule has 1 aromatic carbocycles. The van der Waals surface area contributed by atoms with Crippen molar-refractivity contribution in [3.8, 4) is 0 Å². The highest BCUT2D eigenvalue weighted by atomic mass is 32.2.